The number of benzene rings is 1. The van der Waals surface area contributed by atoms with Gasteiger partial charge in [-0.05, 0) is 37.1 Å². The van der Waals surface area contributed by atoms with Crippen molar-refractivity contribution in [3.05, 3.63) is 28.8 Å². The normalized spacial score (nSPS) is 13.0. The van der Waals surface area contributed by atoms with E-state index in [0.717, 1.165) is 11.1 Å². The van der Waals surface area contributed by atoms with E-state index in [1.165, 1.54) is 13.2 Å². The zero-order valence-electron chi connectivity index (χ0n) is 8.92. The summed E-state index contributed by atoms with van der Waals surface area (Å²) in [5.41, 5.74) is 1.93. The maximum absolute atomic E-state index is 12.4. The first kappa shape index (κ1) is 11.9. The summed E-state index contributed by atoms with van der Waals surface area (Å²) in [5.74, 6) is 0.297. The highest BCUT2D eigenvalue weighted by Crippen LogP contribution is 2.31. The van der Waals surface area contributed by atoms with Crippen LogP contribution in [0.4, 0.5) is 8.78 Å². The SMILES string of the molecule is COc1cc(C)c(C)cc1C(O)C(F)F. The molecule has 0 radical (unpaired) electrons. The van der Waals surface area contributed by atoms with Gasteiger partial charge in [-0.15, -0.1) is 0 Å². The van der Waals surface area contributed by atoms with Crippen LogP contribution in [-0.4, -0.2) is 18.6 Å². The summed E-state index contributed by atoms with van der Waals surface area (Å²) in [6.07, 6.45) is -4.60. The Morgan fingerprint density at radius 2 is 1.73 bits per heavy atom. The molecular weight excluding hydrogens is 202 g/mol. The fourth-order valence-electron chi connectivity index (χ4n) is 1.36. The lowest BCUT2D eigenvalue weighted by molar-refractivity contribution is -0.00702. The minimum atomic E-state index is -2.80. The first-order chi connectivity index (χ1) is 6.97. The van der Waals surface area contributed by atoms with Crippen LogP contribution in [-0.2, 0) is 0 Å². The maximum atomic E-state index is 12.4. The summed E-state index contributed by atoms with van der Waals surface area (Å²) in [5, 5.41) is 9.30. The Morgan fingerprint density at radius 1 is 1.20 bits per heavy atom. The van der Waals surface area contributed by atoms with Crippen LogP contribution in [0.5, 0.6) is 5.75 Å². The Hall–Kier alpha value is -1.16. The maximum Gasteiger partial charge on any atom is 0.268 e. The quantitative estimate of drug-likeness (QED) is 0.841. The number of hydrogen-bond acceptors (Lipinski definition) is 2. The molecule has 0 fully saturated rings. The van der Waals surface area contributed by atoms with E-state index in [4.69, 9.17) is 4.74 Å². The molecule has 0 aromatic heterocycles. The minimum Gasteiger partial charge on any atom is -0.496 e. The van der Waals surface area contributed by atoms with E-state index in [9.17, 15) is 13.9 Å². The van der Waals surface area contributed by atoms with Crippen molar-refractivity contribution in [2.24, 2.45) is 0 Å². The van der Waals surface area contributed by atoms with E-state index in [0.29, 0.717) is 5.75 Å². The molecule has 1 aromatic carbocycles. The van der Waals surface area contributed by atoms with Gasteiger partial charge in [0.15, 0.2) is 0 Å². The number of aliphatic hydroxyl groups is 1. The average Bonchev–Trinajstić information content (AvgIpc) is 2.20. The zero-order chi connectivity index (χ0) is 11.6. The number of aliphatic hydroxyl groups excluding tert-OH is 1. The van der Waals surface area contributed by atoms with Crippen molar-refractivity contribution in [1.82, 2.24) is 0 Å². The van der Waals surface area contributed by atoms with E-state index in [1.807, 2.05) is 6.92 Å². The minimum absolute atomic E-state index is 0.135. The van der Waals surface area contributed by atoms with Gasteiger partial charge in [0.1, 0.15) is 11.9 Å². The number of aryl methyl sites for hydroxylation is 2. The molecule has 15 heavy (non-hydrogen) atoms. The smallest absolute Gasteiger partial charge is 0.268 e. The average molecular weight is 216 g/mol. The Balaban J connectivity index is 3.21. The first-order valence-corrected chi connectivity index (χ1v) is 4.58. The lowest BCUT2D eigenvalue weighted by Gasteiger charge is -2.16. The molecular formula is C11H14F2O2. The topological polar surface area (TPSA) is 29.5 Å². The first-order valence-electron chi connectivity index (χ1n) is 4.58. The molecule has 0 aliphatic rings. The summed E-state index contributed by atoms with van der Waals surface area (Å²) in [4.78, 5) is 0. The van der Waals surface area contributed by atoms with Gasteiger partial charge in [0.2, 0.25) is 0 Å². The third-order valence-electron chi connectivity index (χ3n) is 2.40. The highest BCUT2D eigenvalue weighted by Gasteiger charge is 2.23. The molecule has 0 saturated heterocycles. The second-order valence-electron chi connectivity index (χ2n) is 3.46. The Morgan fingerprint density at radius 3 is 2.20 bits per heavy atom. The van der Waals surface area contributed by atoms with Crippen molar-refractivity contribution in [3.8, 4) is 5.75 Å². The number of hydrogen-bond donors (Lipinski definition) is 1. The van der Waals surface area contributed by atoms with E-state index < -0.39 is 12.5 Å². The van der Waals surface area contributed by atoms with Gasteiger partial charge in [-0.2, -0.15) is 0 Å². The van der Waals surface area contributed by atoms with Crippen LogP contribution in [0.15, 0.2) is 12.1 Å². The summed E-state index contributed by atoms with van der Waals surface area (Å²) in [6, 6.07) is 3.18. The van der Waals surface area contributed by atoms with Crippen molar-refractivity contribution < 1.29 is 18.6 Å². The molecule has 2 nitrogen and oxygen atoms in total. The van der Waals surface area contributed by atoms with Crippen LogP contribution < -0.4 is 4.74 Å². The Kier molecular flexibility index (Phi) is 3.63. The molecule has 0 amide bonds. The zero-order valence-corrected chi connectivity index (χ0v) is 8.92. The molecule has 1 atom stereocenters. The highest BCUT2D eigenvalue weighted by atomic mass is 19.3. The molecule has 0 aliphatic carbocycles. The van der Waals surface area contributed by atoms with Gasteiger partial charge in [0.05, 0.1) is 7.11 Å². The van der Waals surface area contributed by atoms with Crippen LogP contribution in [0, 0.1) is 13.8 Å². The lowest BCUT2D eigenvalue weighted by Crippen LogP contribution is -2.10. The van der Waals surface area contributed by atoms with Gasteiger partial charge >= 0.3 is 0 Å². The second kappa shape index (κ2) is 4.57. The fraction of sp³-hybridized carbons (Fsp3) is 0.455. The van der Waals surface area contributed by atoms with E-state index in [-0.39, 0.29) is 5.56 Å². The van der Waals surface area contributed by atoms with Crippen molar-refractivity contribution in [3.63, 3.8) is 0 Å². The van der Waals surface area contributed by atoms with Gasteiger partial charge < -0.3 is 9.84 Å². The molecule has 1 rings (SSSR count). The van der Waals surface area contributed by atoms with Crippen LogP contribution in [0.1, 0.15) is 22.8 Å². The van der Waals surface area contributed by atoms with Gasteiger partial charge in [-0.1, -0.05) is 0 Å². The number of methoxy groups -OCH3 is 1. The van der Waals surface area contributed by atoms with Gasteiger partial charge in [-0.25, -0.2) is 8.78 Å². The van der Waals surface area contributed by atoms with Crippen LogP contribution >= 0.6 is 0 Å². The fourth-order valence-corrected chi connectivity index (χ4v) is 1.36. The largest absolute Gasteiger partial charge is 0.496 e. The van der Waals surface area contributed by atoms with E-state index in [1.54, 1.807) is 13.0 Å². The van der Waals surface area contributed by atoms with Crippen molar-refractivity contribution in [2.45, 2.75) is 26.4 Å². The molecule has 4 heteroatoms. The van der Waals surface area contributed by atoms with Crippen molar-refractivity contribution >= 4 is 0 Å². The third-order valence-corrected chi connectivity index (χ3v) is 2.40. The Labute approximate surface area is 87.5 Å². The predicted octanol–water partition coefficient (Wildman–Crippen LogP) is 2.61. The number of rotatable bonds is 3. The lowest BCUT2D eigenvalue weighted by atomic mass is 10.0. The highest BCUT2D eigenvalue weighted by molar-refractivity contribution is 5.43. The van der Waals surface area contributed by atoms with E-state index >= 15 is 0 Å². The summed E-state index contributed by atoms with van der Waals surface area (Å²) < 4.78 is 29.7. The van der Waals surface area contributed by atoms with Crippen molar-refractivity contribution in [1.29, 1.82) is 0 Å². The third kappa shape index (κ3) is 2.45. The standard InChI is InChI=1S/C11H14F2O2/c1-6-4-8(10(14)11(12)13)9(15-3)5-7(6)2/h4-5,10-11,14H,1-3H3. The molecule has 0 bridgehead atoms. The van der Waals surface area contributed by atoms with Crippen LogP contribution in [0.2, 0.25) is 0 Å². The number of halogens is 2. The van der Waals surface area contributed by atoms with Crippen molar-refractivity contribution in [2.75, 3.05) is 7.11 Å². The monoisotopic (exact) mass is 216 g/mol. The molecule has 0 aliphatic heterocycles. The van der Waals surface area contributed by atoms with E-state index in [2.05, 4.69) is 0 Å². The van der Waals surface area contributed by atoms with Crippen LogP contribution in [0.25, 0.3) is 0 Å². The van der Waals surface area contributed by atoms with Crippen LogP contribution in [0.3, 0.4) is 0 Å². The molecule has 0 heterocycles. The molecule has 1 unspecified atom stereocenters. The molecule has 84 valence electrons. The van der Waals surface area contributed by atoms with Gasteiger partial charge in [0.25, 0.3) is 6.43 Å². The molecule has 0 saturated carbocycles. The van der Waals surface area contributed by atoms with Gasteiger partial charge in [0, 0.05) is 5.56 Å². The van der Waals surface area contributed by atoms with Gasteiger partial charge in [-0.3, -0.25) is 0 Å². The Bertz CT molecular complexity index is 351. The molecule has 1 aromatic rings. The number of alkyl halides is 2. The summed E-state index contributed by atoms with van der Waals surface area (Å²) >= 11 is 0. The second-order valence-corrected chi connectivity index (χ2v) is 3.46. The predicted molar refractivity (Wildman–Crippen MR) is 53.4 cm³/mol. The summed E-state index contributed by atoms with van der Waals surface area (Å²) in [6.45, 7) is 3.66. The summed E-state index contributed by atoms with van der Waals surface area (Å²) in [7, 11) is 1.39. The molecule has 0 spiro atoms. The molecule has 1 N–H and O–H groups in total. The number of ether oxygens (including phenoxy) is 1.